The molecule has 0 amide bonds. The topological polar surface area (TPSA) is 63.4 Å². The molecule has 1 aliphatic heterocycles. The Morgan fingerprint density at radius 1 is 1.19 bits per heavy atom. The fourth-order valence-electron chi connectivity index (χ4n) is 2.90. The fourth-order valence-corrected chi connectivity index (χ4v) is 5.34. The molecule has 1 aliphatic carbocycles. The van der Waals surface area contributed by atoms with Crippen molar-refractivity contribution in [3.63, 3.8) is 0 Å². The van der Waals surface area contributed by atoms with Crippen molar-refractivity contribution in [1.29, 1.82) is 0 Å². The van der Waals surface area contributed by atoms with Gasteiger partial charge in [0.05, 0.1) is 5.25 Å². The van der Waals surface area contributed by atoms with Crippen LogP contribution in [-0.2, 0) is 10.0 Å². The number of nitrogens with zero attached hydrogens (tertiary/aromatic N) is 1. The lowest BCUT2D eigenvalue weighted by Crippen LogP contribution is -2.53. The summed E-state index contributed by atoms with van der Waals surface area (Å²) in [6.45, 7) is 4.47. The Kier molecular flexibility index (Phi) is 3.05. The van der Waals surface area contributed by atoms with Gasteiger partial charge in [-0.15, -0.1) is 0 Å². The summed E-state index contributed by atoms with van der Waals surface area (Å²) >= 11 is 0. The van der Waals surface area contributed by atoms with E-state index in [1.165, 1.54) is 0 Å². The highest BCUT2D eigenvalue weighted by atomic mass is 32.2. The molecule has 1 saturated carbocycles. The van der Waals surface area contributed by atoms with E-state index in [4.69, 9.17) is 5.73 Å². The Labute approximate surface area is 98.2 Å². The summed E-state index contributed by atoms with van der Waals surface area (Å²) < 4.78 is 26.6. The van der Waals surface area contributed by atoms with E-state index in [0.717, 1.165) is 32.1 Å². The van der Waals surface area contributed by atoms with Gasteiger partial charge in [-0.25, -0.2) is 8.42 Å². The van der Waals surface area contributed by atoms with Crippen molar-refractivity contribution >= 4 is 10.0 Å². The minimum absolute atomic E-state index is 0.0383. The van der Waals surface area contributed by atoms with Gasteiger partial charge in [0.25, 0.3) is 0 Å². The molecule has 0 bridgehead atoms. The van der Waals surface area contributed by atoms with E-state index in [2.05, 4.69) is 0 Å². The second-order valence-corrected chi connectivity index (χ2v) is 7.71. The highest BCUT2D eigenvalue weighted by Crippen LogP contribution is 2.35. The van der Waals surface area contributed by atoms with Gasteiger partial charge < -0.3 is 5.73 Å². The number of hydrogen-bond acceptors (Lipinski definition) is 3. The lowest BCUT2D eigenvalue weighted by molar-refractivity contribution is 0.267. The molecule has 2 rings (SSSR count). The van der Waals surface area contributed by atoms with Crippen LogP contribution in [0.15, 0.2) is 0 Å². The summed E-state index contributed by atoms with van der Waals surface area (Å²) in [5.41, 5.74) is 5.58. The minimum atomic E-state index is -3.13. The molecule has 1 heterocycles. The van der Waals surface area contributed by atoms with Gasteiger partial charge in [-0.05, 0) is 33.1 Å². The second kappa shape index (κ2) is 3.96. The average Bonchev–Trinajstić information content (AvgIpc) is 2.76. The number of nitrogens with two attached hydrogens (primary N) is 1. The molecule has 2 aliphatic rings. The van der Waals surface area contributed by atoms with Gasteiger partial charge in [0.1, 0.15) is 0 Å². The van der Waals surface area contributed by atoms with Crippen molar-refractivity contribution in [1.82, 2.24) is 4.31 Å². The first-order valence-corrected chi connectivity index (χ1v) is 7.64. The van der Waals surface area contributed by atoms with Crippen LogP contribution >= 0.6 is 0 Å². The summed E-state index contributed by atoms with van der Waals surface area (Å²) in [7, 11) is -3.13. The van der Waals surface area contributed by atoms with Crippen molar-refractivity contribution in [2.24, 2.45) is 5.73 Å². The molecule has 1 unspecified atom stereocenters. The van der Waals surface area contributed by atoms with E-state index < -0.39 is 15.6 Å². The first-order chi connectivity index (χ1) is 7.37. The van der Waals surface area contributed by atoms with Crippen LogP contribution in [0.4, 0.5) is 0 Å². The van der Waals surface area contributed by atoms with E-state index in [-0.39, 0.29) is 11.3 Å². The molecule has 1 saturated heterocycles. The largest absolute Gasteiger partial charge is 0.326 e. The molecule has 0 aromatic heterocycles. The molecule has 0 spiro atoms. The second-order valence-electron chi connectivity index (χ2n) is 5.57. The zero-order valence-electron chi connectivity index (χ0n) is 10.1. The first-order valence-electron chi connectivity index (χ1n) is 6.14. The maximum atomic E-state index is 12.5. The van der Waals surface area contributed by atoms with Gasteiger partial charge in [-0.3, -0.25) is 0 Å². The van der Waals surface area contributed by atoms with Gasteiger partial charge in [0.15, 0.2) is 0 Å². The smallest absolute Gasteiger partial charge is 0.217 e. The Morgan fingerprint density at radius 2 is 1.75 bits per heavy atom. The van der Waals surface area contributed by atoms with E-state index >= 15 is 0 Å². The Balaban J connectivity index is 2.24. The molecule has 0 aromatic rings. The van der Waals surface area contributed by atoms with E-state index in [1.54, 1.807) is 4.31 Å². The van der Waals surface area contributed by atoms with E-state index in [1.807, 2.05) is 13.8 Å². The maximum Gasteiger partial charge on any atom is 0.217 e. The third-order valence-electron chi connectivity index (χ3n) is 4.22. The number of sulfonamides is 1. The van der Waals surface area contributed by atoms with Crippen LogP contribution in [0.2, 0.25) is 0 Å². The minimum Gasteiger partial charge on any atom is -0.326 e. The van der Waals surface area contributed by atoms with Crippen LogP contribution in [-0.4, -0.2) is 36.1 Å². The molecule has 16 heavy (non-hydrogen) atoms. The Hall–Kier alpha value is -0.130. The quantitative estimate of drug-likeness (QED) is 0.792. The van der Waals surface area contributed by atoms with Crippen LogP contribution in [0, 0.1) is 0 Å². The van der Waals surface area contributed by atoms with Crippen molar-refractivity contribution in [2.75, 3.05) is 6.54 Å². The maximum absolute atomic E-state index is 12.5. The molecule has 4 nitrogen and oxygen atoms in total. The summed E-state index contributed by atoms with van der Waals surface area (Å²) in [6, 6.07) is -0.0383. The highest BCUT2D eigenvalue weighted by molar-refractivity contribution is 7.89. The van der Waals surface area contributed by atoms with E-state index in [9.17, 15) is 8.42 Å². The van der Waals surface area contributed by atoms with Crippen LogP contribution in [0.25, 0.3) is 0 Å². The summed E-state index contributed by atoms with van der Waals surface area (Å²) in [5.74, 6) is 0. The van der Waals surface area contributed by atoms with Crippen LogP contribution in [0.5, 0.6) is 0 Å². The molecule has 1 atom stereocenters. The molecule has 94 valence electrons. The zero-order valence-corrected chi connectivity index (χ0v) is 11.0. The molecular formula is C11H22N2O2S. The van der Waals surface area contributed by atoms with Crippen LogP contribution in [0.1, 0.15) is 46.0 Å². The summed E-state index contributed by atoms with van der Waals surface area (Å²) in [5, 5.41) is -0.155. The standard InChI is InChI=1S/C11H22N2O2S/c1-11(2)10(12)7-8-13(11)16(14,15)9-5-3-4-6-9/h9-10H,3-8,12H2,1-2H3. The van der Waals surface area contributed by atoms with Gasteiger partial charge in [-0.2, -0.15) is 4.31 Å². The molecule has 0 aromatic carbocycles. The highest BCUT2D eigenvalue weighted by Gasteiger charge is 2.48. The fraction of sp³-hybridized carbons (Fsp3) is 1.00. The monoisotopic (exact) mass is 246 g/mol. The van der Waals surface area contributed by atoms with Crippen LogP contribution in [0.3, 0.4) is 0 Å². The molecule has 2 fully saturated rings. The van der Waals surface area contributed by atoms with Crippen molar-refractivity contribution in [2.45, 2.75) is 62.8 Å². The zero-order chi connectivity index (χ0) is 12.0. The SMILES string of the molecule is CC1(C)C(N)CCN1S(=O)(=O)C1CCCC1. The van der Waals surface area contributed by atoms with Crippen LogP contribution < -0.4 is 5.73 Å². The normalized spacial score (nSPS) is 32.3. The predicted molar refractivity (Wildman–Crippen MR) is 64.6 cm³/mol. The Morgan fingerprint density at radius 3 is 2.19 bits per heavy atom. The molecule has 0 radical (unpaired) electrons. The van der Waals surface area contributed by atoms with Crippen molar-refractivity contribution in [3.05, 3.63) is 0 Å². The Bertz CT molecular complexity index is 358. The first kappa shape index (κ1) is 12.3. The van der Waals surface area contributed by atoms with E-state index in [0.29, 0.717) is 6.54 Å². The van der Waals surface area contributed by atoms with Gasteiger partial charge >= 0.3 is 0 Å². The number of hydrogen-bond donors (Lipinski definition) is 1. The summed E-state index contributed by atoms with van der Waals surface area (Å²) in [4.78, 5) is 0. The molecule has 2 N–H and O–H groups in total. The van der Waals surface area contributed by atoms with Gasteiger partial charge in [0, 0.05) is 18.1 Å². The molecule has 5 heteroatoms. The van der Waals surface area contributed by atoms with Gasteiger partial charge in [-0.1, -0.05) is 12.8 Å². The summed E-state index contributed by atoms with van der Waals surface area (Å²) in [6.07, 6.45) is 4.52. The van der Waals surface area contributed by atoms with Crippen molar-refractivity contribution < 1.29 is 8.42 Å². The molecular weight excluding hydrogens is 224 g/mol. The predicted octanol–water partition coefficient (Wildman–Crippen LogP) is 1.07. The number of rotatable bonds is 2. The third kappa shape index (κ3) is 1.79. The third-order valence-corrected chi connectivity index (χ3v) is 6.81. The average molecular weight is 246 g/mol. The van der Waals surface area contributed by atoms with Crippen molar-refractivity contribution in [3.8, 4) is 0 Å². The van der Waals surface area contributed by atoms with Gasteiger partial charge in [0.2, 0.25) is 10.0 Å². The lowest BCUT2D eigenvalue weighted by Gasteiger charge is -2.35. The lowest BCUT2D eigenvalue weighted by atomic mass is 9.98.